The van der Waals surface area contributed by atoms with Crippen LogP contribution in [-0.4, -0.2) is 55.3 Å². The highest BCUT2D eigenvalue weighted by Gasteiger charge is 2.29. The number of carbonyl (C=O) groups excluding carboxylic acids is 1. The van der Waals surface area contributed by atoms with Gasteiger partial charge in [0.15, 0.2) is 11.6 Å². The third-order valence-electron chi connectivity index (χ3n) is 5.79. The van der Waals surface area contributed by atoms with Crippen LogP contribution in [0.4, 0.5) is 4.39 Å². The van der Waals surface area contributed by atoms with Crippen LogP contribution in [0.3, 0.4) is 0 Å². The number of aromatic amines is 1. The quantitative estimate of drug-likeness (QED) is 0.277. The average molecular weight is 470 g/mol. The molecule has 1 aromatic carbocycles. The number of methoxy groups -OCH3 is 2. The number of halogens is 1. The molecule has 1 aliphatic heterocycles. The summed E-state index contributed by atoms with van der Waals surface area (Å²) < 4.78 is 26.2. The number of nitrogens with two attached hydrogens (primary N) is 1. The van der Waals surface area contributed by atoms with Gasteiger partial charge in [0.2, 0.25) is 5.91 Å². The zero-order valence-electron chi connectivity index (χ0n) is 18.3. The average Bonchev–Trinajstić information content (AvgIpc) is 3.56. The third-order valence-corrected chi connectivity index (χ3v) is 6.97. The van der Waals surface area contributed by atoms with Crippen molar-refractivity contribution in [1.82, 2.24) is 9.88 Å². The van der Waals surface area contributed by atoms with Crippen LogP contribution in [0.25, 0.3) is 20.5 Å². The highest BCUT2D eigenvalue weighted by Crippen LogP contribution is 2.44. The number of rotatable bonds is 7. The number of thiophene rings is 1. The summed E-state index contributed by atoms with van der Waals surface area (Å²) in [5.41, 5.74) is 8.33. The van der Waals surface area contributed by atoms with Gasteiger partial charge in [0, 0.05) is 46.6 Å². The van der Waals surface area contributed by atoms with Crippen molar-refractivity contribution < 1.29 is 18.7 Å². The van der Waals surface area contributed by atoms with E-state index in [-0.39, 0.29) is 23.4 Å². The smallest absolute Gasteiger partial charge is 0.245 e. The van der Waals surface area contributed by atoms with Crippen LogP contribution in [0, 0.1) is 11.2 Å². The first-order chi connectivity index (χ1) is 15.9. The Kier molecular flexibility index (Phi) is 6.19. The second-order valence-corrected chi connectivity index (χ2v) is 8.63. The minimum Gasteiger partial charge on any atom is -0.495 e. The van der Waals surface area contributed by atoms with E-state index >= 15 is 0 Å². The van der Waals surface area contributed by atoms with Gasteiger partial charge in [0.25, 0.3) is 0 Å². The molecule has 8 nitrogen and oxygen atoms in total. The maximum Gasteiger partial charge on any atom is 0.245 e. The monoisotopic (exact) mass is 469 g/mol. The molecular formula is C23H24FN5O3S. The van der Waals surface area contributed by atoms with Gasteiger partial charge in [-0.25, -0.2) is 9.38 Å². The Hall–Kier alpha value is -3.66. The molecule has 172 valence electrons. The van der Waals surface area contributed by atoms with Gasteiger partial charge >= 0.3 is 0 Å². The number of carbonyl (C=O) groups is 1. The maximum absolute atomic E-state index is 15.0. The zero-order valence-corrected chi connectivity index (χ0v) is 19.1. The van der Waals surface area contributed by atoms with Gasteiger partial charge < -0.3 is 25.1 Å². The number of ether oxygens (including phenoxy) is 2. The summed E-state index contributed by atoms with van der Waals surface area (Å²) in [5, 5.41) is 7.68. The van der Waals surface area contributed by atoms with Crippen molar-refractivity contribution in [1.29, 1.82) is 5.41 Å². The second kappa shape index (κ2) is 9.07. The number of hydrogen-bond acceptors (Lipinski definition) is 5. The summed E-state index contributed by atoms with van der Waals surface area (Å²) in [5.74, 6) is 0.258. The fourth-order valence-corrected chi connectivity index (χ4v) is 5.29. The van der Waals surface area contributed by atoms with E-state index in [2.05, 4.69) is 16.6 Å². The molecule has 2 aromatic heterocycles. The van der Waals surface area contributed by atoms with Crippen LogP contribution in [0.15, 0.2) is 35.8 Å². The molecule has 0 aliphatic carbocycles. The van der Waals surface area contributed by atoms with Crippen molar-refractivity contribution in [2.75, 3.05) is 27.3 Å². The lowest BCUT2D eigenvalue weighted by atomic mass is 10.0. The molecule has 0 spiro atoms. The molecule has 1 atom stereocenters. The summed E-state index contributed by atoms with van der Waals surface area (Å²) in [6.07, 6.45) is 2.97. The van der Waals surface area contributed by atoms with E-state index in [0.717, 1.165) is 28.9 Å². The Morgan fingerprint density at radius 2 is 2.12 bits per heavy atom. The molecule has 0 bridgehead atoms. The van der Waals surface area contributed by atoms with Gasteiger partial charge in [0.1, 0.15) is 17.9 Å². The first kappa shape index (κ1) is 22.5. The third kappa shape index (κ3) is 3.97. The van der Waals surface area contributed by atoms with Crippen LogP contribution < -0.4 is 15.2 Å². The van der Waals surface area contributed by atoms with Gasteiger partial charge in [-0.3, -0.25) is 10.2 Å². The lowest BCUT2D eigenvalue weighted by Crippen LogP contribution is -2.26. The van der Waals surface area contributed by atoms with Gasteiger partial charge in [-0.05, 0) is 24.6 Å². The molecule has 10 heteroatoms. The number of amidine groups is 1. The topological polar surface area (TPSA) is 117 Å². The number of H-pyrrole nitrogens is 1. The van der Waals surface area contributed by atoms with E-state index < -0.39 is 5.82 Å². The van der Waals surface area contributed by atoms with Crippen LogP contribution in [0.5, 0.6) is 11.5 Å². The summed E-state index contributed by atoms with van der Waals surface area (Å²) >= 11 is 1.36. The number of amides is 1. The van der Waals surface area contributed by atoms with E-state index in [1.807, 2.05) is 6.07 Å². The Labute approximate surface area is 194 Å². The van der Waals surface area contributed by atoms with Gasteiger partial charge in [-0.1, -0.05) is 6.58 Å². The molecule has 1 aliphatic rings. The predicted octanol–water partition coefficient (Wildman–Crippen LogP) is 3.87. The molecule has 3 heterocycles. The number of aromatic nitrogens is 1. The van der Waals surface area contributed by atoms with Crippen molar-refractivity contribution in [2.45, 2.75) is 12.3 Å². The van der Waals surface area contributed by atoms with E-state index in [9.17, 15) is 9.18 Å². The Morgan fingerprint density at radius 1 is 1.36 bits per heavy atom. The van der Waals surface area contributed by atoms with Crippen molar-refractivity contribution in [3.05, 3.63) is 48.1 Å². The van der Waals surface area contributed by atoms with Gasteiger partial charge in [0.05, 0.1) is 24.6 Å². The van der Waals surface area contributed by atoms with Crippen LogP contribution in [0.1, 0.15) is 23.7 Å². The lowest BCUT2D eigenvalue weighted by Gasteiger charge is -2.13. The molecule has 1 amide bonds. The number of likely N-dealkylation sites (tertiary alicyclic amines) is 1. The summed E-state index contributed by atoms with van der Waals surface area (Å²) in [6.45, 7) is 4.74. The van der Waals surface area contributed by atoms with Crippen molar-refractivity contribution in [3.8, 4) is 21.9 Å². The number of aliphatic imine (C=N–C) groups is 1. The Bertz CT molecular complexity index is 1280. The normalized spacial score (nSPS) is 16.3. The number of nitrogens with one attached hydrogen (secondary N) is 2. The summed E-state index contributed by atoms with van der Waals surface area (Å²) in [4.78, 5) is 21.8. The molecule has 33 heavy (non-hydrogen) atoms. The molecular weight excluding hydrogens is 445 g/mol. The molecule has 1 unspecified atom stereocenters. The number of benzene rings is 1. The van der Waals surface area contributed by atoms with Gasteiger partial charge in [-0.15, -0.1) is 11.3 Å². The molecule has 1 fully saturated rings. The van der Waals surface area contributed by atoms with Gasteiger partial charge in [-0.2, -0.15) is 0 Å². The number of hydrogen-bond donors (Lipinski definition) is 3. The SMILES string of the molecule is C=CC(=O)N1CCC(c2cc(-c3cc4c(F)c(OC)cc(OC)c4s3)c(C(N)=NC=N)[nH]2)C1. The summed E-state index contributed by atoms with van der Waals surface area (Å²) in [6, 6.07) is 5.22. The molecule has 0 radical (unpaired) electrons. The highest BCUT2D eigenvalue weighted by molar-refractivity contribution is 7.22. The fourth-order valence-electron chi connectivity index (χ4n) is 4.12. The fraction of sp³-hybridized carbons (Fsp3) is 0.261. The Morgan fingerprint density at radius 3 is 2.79 bits per heavy atom. The van der Waals surface area contributed by atoms with Crippen molar-refractivity contribution in [2.24, 2.45) is 10.7 Å². The molecule has 4 rings (SSSR count). The largest absolute Gasteiger partial charge is 0.495 e. The number of nitrogens with zero attached hydrogens (tertiary/aromatic N) is 2. The molecule has 1 saturated heterocycles. The first-order valence-electron chi connectivity index (χ1n) is 10.2. The zero-order chi connectivity index (χ0) is 23.7. The minimum atomic E-state index is -0.469. The lowest BCUT2D eigenvalue weighted by molar-refractivity contribution is -0.125. The van der Waals surface area contributed by atoms with Crippen molar-refractivity contribution >= 4 is 39.5 Å². The molecule has 0 saturated carbocycles. The van der Waals surface area contributed by atoms with E-state index in [4.69, 9.17) is 20.6 Å². The maximum atomic E-state index is 15.0. The first-order valence-corrected chi connectivity index (χ1v) is 11.0. The van der Waals surface area contributed by atoms with E-state index in [1.54, 1.807) is 11.0 Å². The number of fused-ring (bicyclic) bond motifs is 1. The standard InChI is InChI=1S/C23H24FN5O3S/c1-4-19(30)29-6-5-12(10-29)15-7-13(21(28-15)23(26)27-11-25)18-8-14-20(24)16(31-2)9-17(32-3)22(14)33-18/h4,7-9,11-12,28H,1,5-6,10H2,2-3H3,(H3,25,26,27). The van der Waals surface area contributed by atoms with E-state index in [0.29, 0.717) is 34.6 Å². The highest BCUT2D eigenvalue weighted by atomic mass is 32.1. The predicted molar refractivity (Wildman–Crippen MR) is 128 cm³/mol. The van der Waals surface area contributed by atoms with Crippen molar-refractivity contribution in [3.63, 3.8) is 0 Å². The molecule has 3 aromatic rings. The summed E-state index contributed by atoms with van der Waals surface area (Å²) in [7, 11) is 2.93. The van der Waals surface area contributed by atoms with Crippen LogP contribution >= 0.6 is 11.3 Å². The second-order valence-electron chi connectivity index (χ2n) is 7.58. The van der Waals surface area contributed by atoms with Crippen LogP contribution in [0.2, 0.25) is 0 Å². The minimum absolute atomic E-state index is 0.0786. The molecule has 4 N–H and O–H groups in total. The van der Waals surface area contributed by atoms with E-state index in [1.165, 1.54) is 37.7 Å². The Balaban J connectivity index is 1.83. The van der Waals surface area contributed by atoms with Crippen LogP contribution in [-0.2, 0) is 4.79 Å².